The fourth-order valence-corrected chi connectivity index (χ4v) is 2.61. The molecule has 2 aromatic carbocycles. The van der Waals surface area contributed by atoms with Crippen LogP contribution in [0.4, 0.5) is 0 Å². The van der Waals surface area contributed by atoms with Gasteiger partial charge in [0, 0.05) is 12.0 Å². The number of rotatable bonds is 1. The molecular weight excluding hydrogens is 276 g/mol. The van der Waals surface area contributed by atoms with Crippen molar-refractivity contribution in [1.82, 2.24) is 9.97 Å². The first-order valence-electron chi connectivity index (χ1n) is 7.17. The van der Waals surface area contributed by atoms with Crippen molar-refractivity contribution in [3.8, 4) is 23.0 Å². The van der Waals surface area contributed by atoms with E-state index in [1.54, 1.807) is 0 Å². The van der Waals surface area contributed by atoms with E-state index in [1.165, 1.54) is 0 Å². The first kappa shape index (κ1) is 12.8. The summed E-state index contributed by atoms with van der Waals surface area (Å²) in [6.45, 7) is 2.02. The molecule has 2 heterocycles. The summed E-state index contributed by atoms with van der Waals surface area (Å²) >= 11 is 0. The van der Waals surface area contributed by atoms with E-state index in [-0.39, 0.29) is 5.56 Å². The van der Waals surface area contributed by atoms with Crippen LogP contribution >= 0.6 is 0 Å². The molecule has 1 N–H and O–H groups in total. The highest BCUT2D eigenvalue weighted by Crippen LogP contribution is 2.33. The van der Waals surface area contributed by atoms with E-state index in [0.29, 0.717) is 23.7 Å². The highest BCUT2D eigenvalue weighted by Gasteiger charge is 2.21. The Hall–Kier alpha value is -2.88. The quantitative estimate of drug-likeness (QED) is 0.584. The second-order valence-electron chi connectivity index (χ2n) is 5.45. The molecule has 3 aromatic rings. The Balaban J connectivity index is 1.82. The highest BCUT2D eigenvalue weighted by molar-refractivity contribution is 5.57. The Morgan fingerprint density at radius 1 is 1.09 bits per heavy atom. The molecule has 1 aliphatic rings. The van der Waals surface area contributed by atoms with Crippen LogP contribution in [-0.4, -0.2) is 9.97 Å². The maximum absolute atomic E-state index is 12.4. The lowest BCUT2D eigenvalue weighted by atomic mass is 10.0. The monoisotopic (exact) mass is 290 g/mol. The molecule has 0 unspecified atom stereocenters. The number of hydrogen-bond donors (Lipinski definition) is 1. The lowest BCUT2D eigenvalue weighted by Gasteiger charge is -2.18. The zero-order valence-electron chi connectivity index (χ0n) is 12.1. The molecule has 0 saturated heterocycles. The molecule has 0 aliphatic carbocycles. The number of para-hydroxylation sites is 1. The standard InChI is InChI=1S/C18H14N2O2/c1-11-6-8-12(9-7-11)16-19-17(21)14-10-13-4-2-3-5-15(13)22-18(14)20-16/h2-9H,10H2,1H3,(H,19,20,21). The van der Waals surface area contributed by atoms with E-state index in [0.717, 1.165) is 22.4 Å². The third-order valence-corrected chi connectivity index (χ3v) is 3.85. The summed E-state index contributed by atoms with van der Waals surface area (Å²) in [5.41, 5.74) is 3.47. The molecule has 0 saturated carbocycles. The predicted molar refractivity (Wildman–Crippen MR) is 84.4 cm³/mol. The van der Waals surface area contributed by atoms with Crippen molar-refractivity contribution in [1.29, 1.82) is 0 Å². The zero-order valence-corrected chi connectivity index (χ0v) is 12.1. The van der Waals surface area contributed by atoms with Crippen LogP contribution in [-0.2, 0) is 6.42 Å². The average Bonchev–Trinajstić information content (AvgIpc) is 2.54. The van der Waals surface area contributed by atoms with Crippen molar-refractivity contribution in [3.05, 3.63) is 75.6 Å². The van der Waals surface area contributed by atoms with Gasteiger partial charge in [0.05, 0.1) is 5.56 Å². The number of aromatic amines is 1. The van der Waals surface area contributed by atoms with E-state index in [1.807, 2.05) is 55.5 Å². The van der Waals surface area contributed by atoms with Gasteiger partial charge in [-0.2, -0.15) is 4.98 Å². The Labute approximate surface area is 127 Å². The first-order valence-corrected chi connectivity index (χ1v) is 7.17. The molecule has 0 atom stereocenters. The molecule has 0 bridgehead atoms. The van der Waals surface area contributed by atoms with Crippen LogP contribution in [0.5, 0.6) is 11.6 Å². The lowest BCUT2D eigenvalue weighted by molar-refractivity contribution is 0.438. The maximum Gasteiger partial charge on any atom is 0.258 e. The van der Waals surface area contributed by atoms with Crippen molar-refractivity contribution in [3.63, 3.8) is 0 Å². The minimum Gasteiger partial charge on any atom is -0.438 e. The number of aryl methyl sites for hydroxylation is 1. The molecular formula is C18H14N2O2. The second kappa shape index (κ2) is 4.84. The van der Waals surface area contributed by atoms with Gasteiger partial charge in [-0.05, 0) is 18.6 Å². The van der Waals surface area contributed by atoms with Crippen molar-refractivity contribution in [2.45, 2.75) is 13.3 Å². The van der Waals surface area contributed by atoms with Gasteiger partial charge in [-0.25, -0.2) is 0 Å². The third-order valence-electron chi connectivity index (χ3n) is 3.85. The predicted octanol–water partition coefficient (Wildman–Crippen LogP) is 3.44. The minimum absolute atomic E-state index is 0.143. The van der Waals surface area contributed by atoms with Crippen LogP contribution in [0.2, 0.25) is 0 Å². The van der Waals surface area contributed by atoms with E-state index in [9.17, 15) is 4.79 Å². The molecule has 0 fully saturated rings. The van der Waals surface area contributed by atoms with Crippen LogP contribution in [0.25, 0.3) is 11.4 Å². The summed E-state index contributed by atoms with van der Waals surface area (Å²) in [7, 11) is 0. The van der Waals surface area contributed by atoms with Crippen LogP contribution in [0.15, 0.2) is 53.3 Å². The highest BCUT2D eigenvalue weighted by atomic mass is 16.5. The fraction of sp³-hybridized carbons (Fsp3) is 0.111. The second-order valence-corrected chi connectivity index (χ2v) is 5.45. The molecule has 0 amide bonds. The van der Waals surface area contributed by atoms with E-state index < -0.39 is 0 Å². The van der Waals surface area contributed by atoms with E-state index in [2.05, 4.69) is 9.97 Å². The molecule has 4 heteroatoms. The average molecular weight is 290 g/mol. The van der Waals surface area contributed by atoms with Crippen molar-refractivity contribution in [2.24, 2.45) is 0 Å². The topological polar surface area (TPSA) is 55.0 Å². The van der Waals surface area contributed by atoms with Gasteiger partial charge in [0.15, 0.2) is 0 Å². The summed E-state index contributed by atoms with van der Waals surface area (Å²) in [6.07, 6.45) is 0.544. The Kier molecular flexibility index (Phi) is 2.82. The maximum atomic E-state index is 12.4. The number of hydrogen-bond acceptors (Lipinski definition) is 3. The van der Waals surface area contributed by atoms with Crippen LogP contribution < -0.4 is 10.3 Å². The molecule has 4 rings (SSSR count). The lowest BCUT2D eigenvalue weighted by Crippen LogP contribution is -2.20. The Morgan fingerprint density at radius 3 is 2.68 bits per heavy atom. The number of fused-ring (bicyclic) bond motifs is 2. The molecule has 0 spiro atoms. The molecule has 4 nitrogen and oxygen atoms in total. The smallest absolute Gasteiger partial charge is 0.258 e. The van der Waals surface area contributed by atoms with Crippen LogP contribution in [0.3, 0.4) is 0 Å². The van der Waals surface area contributed by atoms with Gasteiger partial charge in [-0.15, -0.1) is 0 Å². The SMILES string of the molecule is Cc1ccc(-c2nc3c(c(=O)[nH]2)Cc2ccccc2O3)cc1. The molecule has 22 heavy (non-hydrogen) atoms. The van der Waals surface area contributed by atoms with Gasteiger partial charge in [0.25, 0.3) is 5.56 Å². The van der Waals surface area contributed by atoms with E-state index >= 15 is 0 Å². The zero-order chi connectivity index (χ0) is 15.1. The van der Waals surface area contributed by atoms with Gasteiger partial charge < -0.3 is 9.72 Å². The Bertz CT molecular complexity index is 911. The molecule has 1 aliphatic heterocycles. The van der Waals surface area contributed by atoms with Gasteiger partial charge in [-0.3, -0.25) is 4.79 Å². The third kappa shape index (κ3) is 2.09. The normalized spacial score (nSPS) is 12.2. The summed E-state index contributed by atoms with van der Waals surface area (Å²) in [4.78, 5) is 19.7. The van der Waals surface area contributed by atoms with Gasteiger partial charge in [-0.1, -0.05) is 48.0 Å². The number of nitrogens with one attached hydrogen (secondary N) is 1. The van der Waals surface area contributed by atoms with Crippen molar-refractivity contribution in [2.75, 3.05) is 0 Å². The number of H-pyrrole nitrogens is 1. The molecule has 0 radical (unpaired) electrons. The first-order chi connectivity index (χ1) is 10.7. The summed E-state index contributed by atoms with van der Waals surface area (Å²) in [5, 5.41) is 0. The summed E-state index contributed by atoms with van der Waals surface area (Å²) in [5.74, 6) is 1.70. The van der Waals surface area contributed by atoms with E-state index in [4.69, 9.17) is 4.74 Å². The minimum atomic E-state index is -0.143. The van der Waals surface area contributed by atoms with Crippen LogP contribution in [0.1, 0.15) is 16.7 Å². The number of ether oxygens (including phenoxy) is 1. The van der Waals surface area contributed by atoms with Gasteiger partial charge in [0.2, 0.25) is 5.88 Å². The number of benzene rings is 2. The fourth-order valence-electron chi connectivity index (χ4n) is 2.61. The summed E-state index contributed by atoms with van der Waals surface area (Å²) < 4.78 is 5.81. The molecule has 108 valence electrons. The van der Waals surface area contributed by atoms with Crippen LogP contribution in [0, 0.1) is 6.92 Å². The Morgan fingerprint density at radius 2 is 1.86 bits per heavy atom. The van der Waals surface area contributed by atoms with Gasteiger partial charge in [0.1, 0.15) is 11.6 Å². The largest absolute Gasteiger partial charge is 0.438 e. The van der Waals surface area contributed by atoms with Crippen molar-refractivity contribution < 1.29 is 4.74 Å². The number of aromatic nitrogens is 2. The van der Waals surface area contributed by atoms with Crippen molar-refractivity contribution >= 4 is 0 Å². The number of nitrogens with zero attached hydrogens (tertiary/aromatic N) is 1. The summed E-state index contributed by atoms with van der Waals surface area (Å²) in [6, 6.07) is 15.6. The molecule has 1 aromatic heterocycles. The van der Waals surface area contributed by atoms with Gasteiger partial charge >= 0.3 is 0 Å².